The summed E-state index contributed by atoms with van der Waals surface area (Å²) in [6.45, 7) is 16.3. The average molecular weight is 459 g/mol. The molecule has 0 bridgehead atoms. The average Bonchev–Trinajstić information content (AvgIpc) is 3.12. The Morgan fingerprint density at radius 1 is 0.909 bits per heavy atom. The molecule has 0 spiro atoms. The summed E-state index contributed by atoms with van der Waals surface area (Å²) in [4.78, 5) is 11.6. The van der Waals surface area contributed by atoms with Crippen LogP contribution in [0.3, 0.4) is 0 Å². The van der Waals surface area contributed by atoms with Gasteiger partial charge in [-0.25, -0.2) is 0 Å². The van der Waals surface area contributed by atoms with Crippen molar-refractivity contribution in [2.24, 2.45) is 46.3 Å². The van der Waals surface area contributed by atoms with Crippen LogP contribution in [0.2, 0.25) is 0 Å². The van der Waals surface area contributed by atoms with Crippen molar-refractivity contribution >= 4 is 5.78 Å². The standard InChI is InChI=1S/C30H54N2O/c1-20(2)31-17-18-32-24-13-15-29(5)23(19-24)9-10-25-27-12-11-26(21(3)7-8-22(4)33)30(27,6)16-14-28(25)29/h20-21,23-28,31-32H,7-19H2,1-6H3. The SMILES string of the molecule is CC(=O)CCC(C)C1CCC2C3CCC4CC(NCCNC(C)C)CCC4(C)C3CCC12C. The molecule has 0 aromatic carbocycles. The van der Waals surface area contributed by atoms with Gasteiger partial charge in [0.05, 0.1) is 0 Å². The molecule has 4 fully saturated rings. The van der Waals surface area contributed by atoms with E-state index in [4.69, 9.17) is 0 Å². The molecule has 0 aromatic heterocycles. The zero-order chi connectivity index (χ0) is 23.8. The van der Waals surface area contributed by atoms with E-state index in [0.29, 0.717) is 28.6 Å². The van der Waals surface area contributed by atoms with E-state index in [1.807, 2.05) is 0 Å². The number of ketones is 1. The maximum atomic E-state index is 11.6. The molecule has 0 aromatic rings. The molecule has 3 nitrogen and oxygen atoms in total. The summed E-state index contributed by atoms with van der Waals surface area (Å²) >= 11 is 0. The van der Waals surface area contributed by atoms with Crippen LogP contribution in [0.1, 0.15) is 112 Å². The zero-order valence-corrected chi connectivity index (χ0v) is 22.7. The van der Waals surface area contributed by atoms with Gasteiger partial charge in [-0.2, -0.15) is 0 Å². The number of hydrogen-bond donors (Lipinski definition) is 2. The van der Waals surface area contributed by atoms with Crippen LogP contribution < -0.4 is 10.6 Å². The van der Waals surface area contributed by atoms with E-state index in [2.05, 4.69) is 45.3 Å². The Kier molecular flexibility index (Phi) is 8.01. The van der Waals surface area contributed by atoms with Crippen molar-refractivity contribution in [1.82, 2.24) is 10.6 Å². The highest BCUT2D eigenvalue weighted by molar-refractivity contribution is 5.75. The molecule has 0 aliphatic heterocycles. The van der Waals surface area contributed by atoms with Crippen LogP contribution in [0.25, 0.3) is 0 Å². The monoisotopic (exact) mass is 458 g/mol. The van der Waals surface area contributed by atoms with Gasteiger partial charge in [-0.05, 0) is 117 Å². The molecule has 4 saturated carbocycles. The van der Waals surface area contributed by atoms with Crippen molar-refractivity contribution in [3.63, 3.8) is 0 Å². The van der Waals surface area contributed by atoms with E-state index in [0.717, 1.165) is 61.6 Å². The molecule has 4 aliphatic rings. The molecule has 2 N–H and O–H groups in total. The van der Waals surface area contributed by atoms with Gasteiger partial charge in [-0.15, -0.1) is 0 Å². The van der Waals surface area contributed by atoms with Crippen LogP contribution in [0, 0.1) is 46.3 Å². The minimum atomic E-state index is 0.373. The maximum absolute atomic E-state index is 11.6. The first-order valence-electron chi connectivity index (χ1n) is 14.6. The second-order valence-electron chi connectivity index (χ2n) is 13.6. The minimum absolute atomic E-state index is 0.373. The van der Waals surface area contributed by atoms with Crippen LogP contribution in [0.15, 0.2) is 0 Å². The number of nitrogens with one attached hydrogen (secondary N) is 2. The molecule has 9 atom stereocenters. The largest absolute Gasteiger partial charge is 0.313 e. The van der Waals surface area contributed by atoms with Gasteiger partial charge in [0, 0.05) is 31.6 Å². The molecular weight excluding hydrogens is 404 g/mol. The van der Waals surface area contributed by atoms with Gasteiger partial charge in [0.15, 0.2) is 0 Å². The molecular formula is C30H54N2O. The Morgan fingerprint density at radius 2 is 1.64 bits per heavy atom. The Bertz CT molecular complexity index is 676. The van der Waals surface area contributed by atoms with Crippen molar-refractivity contribution in [3.05, 3.63) is 0 Å². The molecule has 0 radical (unpaired) electrons. The third-order valence-corrected chi connectivity index (χ3v) is 11.5. The zero-order valence-electron chi connectivity index (χ0n) is 22.7. The van der Waals surface area contributed by atoms with Crippen LogP contribution in [0.5, 0.6) is 0 Å². The number of hydrogen-bond acceptors (Lipinski definition) is 3. The number of carbonyl (C=O) groups excluding carboxylic acids is 1. The molecule has 0 saturated heterocycles. The number of carbonyl (C=O) groups is 1. The molecule has 4 rings (SSSR count). The third-order valence-electron chi connectivity index (χ3n) is 11.5. The summed E-state index contributed by atoms with van der Waals surface area (Å²) in [6, 6.07) is 1.32. The third kappa shape index (κ3) is 5.11. The molecule has 33 heavy (non-hydrogen) atoms. The van der Waals surface area contributed by atoms with Crippen molar-refractivity contribution < 1.29 is 4.79 Å². The molecule has 0 amide bonds. The van der Waals surface area contributed by atoms with E-state index >= 15 is 0 Å². The lowest BCUT2D eigenvalue weighted by molar-refractivity contribution is -0.120. The van der Waals surface area contributed by atoms with Crippen molar-refractivity contribution in [2.45, 2.75) is 124 Å². The van der Waals surface area contributed by atoms with Gasteiger partial charge in [0.2, 0.25) is 0 Å². The second kappa shape index (κ2) is 10.3. The van der Waals surface area contributed by atoms with E-state index in [1.54, 1.807) is 6.92 Å². The lowest BCUT2D eigenvalue weighted by atomic mass is 9.44. The summed E-state index contributed by atoms with van der Waals surface area (Å²) < 4.78 is 0. The molecule has 3 heteroatoms. The molecule has 4 aliphatic carbocycles. The Labute approximate surface area is 205 Å². The summed E-state index contributed by atoms with van der Waals surface area (Å²) in [5, 5.41) is 7.45. The van der Waals surface area contributed by atoms with Gasteiger partial charge in [-0.1, -0.05) is 34.6 Å². The van der Waals surface area contributed by atoms with Gasteiger partial charge >= 0.3 is 0 Å². The van der Waals surface area contributed by atoms with Crippen LogP contribution in [0.4, 0.5) is 0 Å². The predicted octanol–water partition coefficient (Wildman–Crippen LogP) is 6.61. The Hall–Kier alpha value is -0.410. The van der Waals surface area contributed by atoms with Gasteiger partial charge in [-0.3, -0.25) is 0 Å². The normalized spacial score (nSPS) is 43.6. The van der Waals surface area contributed by atoms with Gasteiger partial charge < -0.3 is 15.4 Å². The second-order valence-corrected chi connectivity index (χ2v) is 13.6. The highest BCUT2D eigenvalue weighted by atomic mass is 16.1. The summed E-state index contributed by atoms with van der Waals surface area (Å²) in [6.07, 6.45) is 14.9. The predicted molar refractivity (Wildman–Crippen MR) is 139 cm³/mol. The first kappa shape index (κ1) is 25.7. The fourth-order valence-corrected chi connectivity index (χ4v) is 9.69. The molecule has 9 unspecified atom stereocenters. The molecule has 190 valence electrons. The van der Waals surface area contributed by atoms with E-state index in [1.165, 1.54) is 57.8 Å². The van der Waals surface area contributed by atoms with Crippen LogP contribution in [-0.4, -0.2) is 31.0 Å². The number of Topliss-reactive ketones (excluding diaryl/α,β-unsaturated/α-hetero) is 1. The van der Waals surface area contributed by atoms with Crippen molar-refractivity contribution in [3.8, 4) is 0 Å². The first-order valence-corrected chi connectivity index (χ1v) is 14.6. The van der Waals surface area contributed by atoms with Gasteiger partial charge in [0.25, 0.3) is 0 Å². The lowest BCUT2D eigenvalue weighted by Crippen LogP contribution is -2.55. The van der Waals surface area contributed by atoms with Crippen molar-refractivity contribution in [2.75, 3.05) is 13.1 Å². The van der Waals surface area contributed by atoms with E-state index in [-0.39, 0.29) is 0 Å². The fourth-order valence-electron chi connectivity index (χ4n) is 9.69. The summed E-state index contributed by atoms with van der Waals surface area (Å²) in [5.74, 6) is 5.72. The van der Waals surface area contributed by atoms with Crippen molar-refractivity contribution in [1.29, 1.82) is 0 Å². The van der Waals surface area contributed by atoms with Crippen LogP contribution in [-0.2, 0) is 4.79 Å². The number of rotatable bonds is 9. The molecule has 0 heterocycles. The highest BCUT2D eigenvalue weighted by Gasteiger charge is 2.60. The fraction of sp³-hybridized carbons (Fsp3) is 0.967. The van der Waals surface area contributed by atoms with Gasteiger partial charge in [0.1, 0.15) is 5.78 Å². The van der Waals surface area contributed by atoms with E-state index < -0.39 is 0 Å². The van der Waals surface area contributed by atoms with Crippen LogP contribution >= 0.6 is 0 Å². The topological polar surface area (TPSA) is 41.1 Å². The Balaban J connectivity index is 1.37. The minimum Gasteiger partial charge on any atom is -0.313 e. The first-order chi connectivity index (χ1) is 15.6. The quantitative estimate of drug-likeness (QED) is 0.382. The number of fused-ring (bicyclic) bond motifs is 5. The maximum Gasteiger partial charge on any atom is 0.129 e. The Morgan fingerprint density at radius 3 is 2.36 bits per heavy atom. The summed E-state index contributed by atoms with van der Waals surface area (Å²) in [5.41, 5.74) is 1.11. The lowest BCUT2D eigenvalue weighted by Gasteiger charge is -2.61. The summed E-state index contributed by atoms with van der Waals surface area (Å²) in [7, 11) is 0. The smallest absolute Gasteiger partial charge is 0.129 e. The van der Waals surface area contributed by atoms with E-state index in [9.17, 15) is 4.79 Å². The highest BCUT2D eigenvalue weighted by Crippen LogP contribution is 2.68.